The molecule has 1 heterocycles. The van der Waals surface area contributed by atoms with E-state index in [-0.39, 0.29) is 5.91 Å². The second-order valence-electron chi connectivity index (χ2n) is 4.97. The van der Waals surface area contributed by atoms with E-state index >= 15 is 0 Å². The first-order valence-corrected chi connectivity index (χ1v) is 8.14. The minimum absolute atomic E-state index is 0.220. The molecule has 1 aromatic heterocycles. The third-order valence-electron chi connectivity index (χ3n) is 3.23. The van der Waals surface area contributed by atoms with Crippen LogP contribution in [-0.2, 0) is 4.79 Å². The van der Waals surface area contributed by atoms with Gasteiger partial charge in [-0.05, 0) is 19.1 Å². The Labute approximate surface area is 138 Å². The van der Waals surface area contributed by atoms with Crippen molar-refractivity contribution in [2.24, 2.45) is 0 Å². The third-order valence-corrected chi connectivity index (χ3v) is 3.99. The van der Waals surface area contributed by atoms with Crippen LogP contribution in [0.25, 0.3) is 11.3 Å². The Hall–Kier alpha value is -2.66. The Kier molecular flexibility index (Phi) is 4.68. The summed E-state index contributed by atoms with van der Waals surface area (Å²) >= 11 is 1.40. The van der Waals surface area contributed by atoms with Gasteiger partial charge in [0.05, 0.1) is 5.69 Å². The number of thiazole rings is 1. The van der Waals surface area contributed by atoms with Gasteiger partial charge in [-0.1, -0.05) is 48.5 Å². The number of amides is 1. The van der Waals surface area contributed by atoms with E-state index in [1.54, 1.807) is 6.92 Å². The van der Waals surface area contributed by atoms with Crippen LogP contribution >= 0.6 is 11.3 Å². The molecule has 3 rings (SSSR count). The lowest BCUT2D eigenvalue weighted by Crippen LogP contribution is -2.30. The lowest BCUT2D eigenvalue weighted by molar-refractivity contribution is -0.122. The zero-order valence-electron chi connectivity index (χ0n) is 12.6. The molecule has 0 bridgehead atoms. The number of carbonyl (C=O) groups is 1. The van der Waals surface area contributed by atoms with Gasteiger partial charge in [0.2, 0.25) is 0 Å². The number of hydrogen-bond donors (Lipinski definition) is 1. The molecule has 0 aliphatic rings. The fourth-order valence-corrected chi connectivity index (χ4v) is 2.76. The largest absolute Gasteiger partial charge is 0.481 e. The van der Waals surface area contributed by atoms with E-state index in [0.29, 0.717) is 10.9 Å². The fraction of sp³-hybridized carbons (Fsp3) is 0.111. The topological polar surface area (TPSA) is 51.2 Å². The van der Waals surface area contributed by atoms with Gasteiger partial charge < -0.3 is 4.74 Å². The van der Waals surface area contributed by atoms with Gasteiger partial charge in [-0.25, -0.2) is 4.98 Å². The van der Waals surface area contributed by atoms with Crippen LogP contribution in [-0.4, -0.2) is 17.0 Å². The molecule has 0 radical (unpaired) electrons. The summed E-state index contributed by atoms with van der Waals surface area (Å²) in [6, 6.07) is 19.1. The van der Waals surface area contributed by atoms with E-state index in [4.69, 9.17) is 4.74 Å². The SMILES string of the molecule is CC(Oc1ccccc1)C(=O)Nc1nc(-c2ccccc2)cs1. The van der Waals surface area contributed by atoms with Crippen LogP contribution in [0.5, 0.6) is 5.75 Å². The van der Waals surface area contributed by atoms with Gasteiger partial charge in [-0.2, -0.15) is 0 Å². The van der Waals surface area contributed by atoms with Crippen LogP contribution in [0.3, 0.4) is 0 Å². The van der Waals surface area contributed by atoms with Crippen LogP contribution in [0.15, 0.2) is 66.0 Å². The summed E-state index contributed by atoms with van der Waals surface area (Å²) in [6.45, 7) is 1.72. The summed E-state index contributed by atoms with van der Waals surface area (Å²) in [5, 5.41) is 5.29. The van der Waals surface area contributed by atoms with Crippen molar-refractivity contribution in [2.45, 2.75) is 13.0 Å². The van der Waals surface area contributed by atoms with Crippen molar-refractivity contribution in [3.8, 4) is 17.0 Å². The van der Waals surface area contributed by atoms with Gasteiger partial charge in [-0.15, -0.1) is 11.3 Å². The maximum absolute atomic E-state index is 12.2. The van der Waals surface area contributed by atoms with Crippen molar-refractivity contribution >= 4 is 22.4 Å². The highest BCUT2D eigenvalue weighted by molar-refractivity contribution is 7.14. The minimum atomic E-state index is -0.596. The third kappa shape index (κ3) is 3.96. The number of nitrogens with one attached hydrogen (secondary N) is 1. The van der Waals surface area contributed by atoms with Crippen molar-refractivity contribution < 1.29 is 9.53 Å². The van der Waals surface area contributed by atoms with Gasteiger partial charge >= 0.3 is 0 Å². The van der Waals surface area contributed by atoms with E-state index in [0.717, 1.165) is 11.3 Å². The standard InChI is InChI=1S/C18H16N2O2S/c1-13(22-15-10-6-3-7-11-15)17(21)20-18-19-16(12-23-18)14-8-4-2-5-9-14/h2-13H,1H3,(H,19,20,21). The molecule has 0 aliphatic heterocycles. The molecule has 23 heavy (non-hydrogen) atoms. The number of carbonyl (C=O) groups excluding carboxylic acids is 1. The zero-order chi connectivity index (χ0) is 16.1. The molecule has 0 fully saturated rings. The van der Waals surface area contributed by atoms with E-state index < -0.39 is 6.10 Å². The highest BCUT2D eigenvalue weighted by Gasteiger charge is 2.16. The van der Waals surface area contributed by atoms with Crippen molar-refractivity contribution in [1.82, 2.24) is 4.98 Å². The van der Waals surface area contributed by atoms with Crippen LogP contribution in [0.2, 0.25) is 0 Å². The summed E-state index contributed by atoms with van der Waals surface area (Å²) in [5.74, 6) is 0.446. The Morgan fingerprint density at radius 2 is 1.74 bits per heavy atom. The molecule has 0 saturated carbocycles. The van der Waals surface area contributed by atoms with Gasteiger partial charge in [0.25, 0.3) is 5.91 Å². The fourth-order valence-electron chi connectivity index (χ4n) is 2.04. The molecular weight excluding hydrogens is 308 g/mol. The smallest absolute Gasteiger partial charge is 0.266 e. The normalized spacial score (nSPS) is 11.7. The number of rotatable bonds is 5. The molecule has 0 spiro atoms. The van der Waals surface area contributed by atoms with Crippen molar-refractivity contribution in [3.63, 3.8) is 0 Å². The van der Waals surface area contributed by atoms with Crippen molar-refractivity contribution in [2.75, 3.05) is 5.32 Å². The van der Waals surface area contributed by atoms with E-state index in [2.05, 4.69) is 10.3 Å². The maximum atomic E-state index is 12.2. The Bertz CT molecular complexity index is 772. The molecule has 3 aromatic rings. The van der Waals surface area contributed by atoms with Gasteiger partial charge in [0.1, 0.15) is 5.75 Å². The minimum Gasteiger partial charge on any atom is -0.481 e. The number of para-hydroxylation sites is 1. The Morgan fingerprint density at radius 3 is 2.43 bits per heavy atom. The monoisotopic (exact) mass is 324 g/mol. The van der Waals surface area contributed by atoms with E-state index in [1.807, 2.05) is 66.0 Å². The Balaban J connectivity index is 1.63. The number of benzene rings is 2. The number of aromatic nitrogens is 1. The lowest BCUT2D eigenvalue weighted by atomic mass is 10.2. The molecule has 1 amide bonds. The second-order valence-corrected chi connectivity index (χ2v) is 5.82. The molecule has 1 unspecified atom stereocenters. The lowest BCUT2D eigenvalue weighted by Gasteiger charge is -2.13. The number of ether oxygens (including phenoxy) is 1. The first-order chi connectivity index (χ1) is 11.2. The molecular formula is C18H16N2O2S. The van der Waals surface area contributed by atoms with Crippen LogP contribution in [0, 0.1) is 0 Å². The maximum Gasteiger partial charge on any atom is 0.266 e. The molecule has 5 heteroatoms. The van der Waals surface area contributed by atoms with Crippen LogP contribution in [0.4, 0.5) is 5.13 Å². The van der Waals surface area contributed by atoms with Crippen LogP contribution in [0.1, 0.15) is 6.92 Å². The van der Waals surface area contributed by atoms with E-state index in [9.17, 15) is 4.79 Å². The molecule has 1 atom stereocenters. The Morgan fingerprint density at radius 1 is 1.09 bits per heavy atom. The van der Waals surface area contributed by atoms with Crippen molar-refractivity contribution in [3.05, 3.63) is 66.0 Å². The average molecular weight is 324 g/mol. The zero-order valence-corrected chi connectivity index (χ0v) is 13.4. The predicted octanol–water partition coefficient (Wildman–Crippen LogP) is 4.22. The second kappa shape index (κ2) is 7.07. The molecule has 4 nitrogen and oxygen atoms in total. The molecule has 2 aromatic carbocycles. The molecule has 116 valence electrons. The quantitative estimate of drug-likeness (QED) is 0.764. The van der Waals surface area contributed by atoms with E-state index in [1.165, 1.54) is 11.3 Å². The summed E-state index contributed by atoms with van der Waals surface area (Å²) in [5.41, 5.74) is 1.88. The first kappa shape index (κ1) is 15.2. The number of hydrogen-bond acceptors (Lipinski definition) is 4. The van der Waals surface area contributed by atoms with Crippen LogP contribution < -0.4 is 10.1 Å². The summed E-state index contributed by atoms with van der Waals surface area (Å²) in [7, 11) is 0. The summed E-state index contributed by atoms with van der Waals surface area (Å²) < 4.78 is 5.60. The number of nitrogens with zero attached hydrogens (tertiary/aromatic N) is 1. The summed E-state index contributed by atoms with van der Waals surface area (Å²) in [4.78, 5) is 16.6. The molecule has 0 saturated heterocycles. The molecule has 1 N–H and O–H groups in total. The van der Waals surface area contributed by atoms with Gasteiger partial charge in [-0.3, -0.25) is 10.1 Å². The number of anilines is 1. The molecule has 0 aliphatic carbocycles. The first-order valence-electron chi connectivity index (χ1n) is 7.26. The van der Waals surface area contributed by atoms with Gasteiger partial charge in [0.15, 0.2) is 11.2 Å². The average Bonchev–Trinajstić information content (AvgIpc) is 3.05. The van der Waals surface area contributed by atoms with Crippen molar-refractivity contribution in [1.29, 1.82) is 0 Å². The predicted molar refractivity (Wildman–Crippen MR) is 92.7 cm³/mol. The highest BCUT2D eigenvalue weighted by Crippen LogP contribution is 2.24. The van der Waals surface area contributed by atoms with Gasteiger partial charge in [0, 0.05) is 10.9 Å². The summed E-state index contributed by atoms with van der Waals surface area (Å²) in [6.07, 6.45) is -0.596. The highest BCUT2D eigenvalue weighted by atomic mass is 32.1.